The van der Waals surface area contributed by atoms with Crippen molar-refractivity contribution in [1.29, 1.82) is 5.26 Å². The summed E-state index contributed by atoms with van der Waals surface area (Å²) in [5, 5.41) is 12.7. The molecule has 0 spiro atoms. The quantitative estimate of drug-likeness (QED) is 0.581. The fourth-order valence-electron chi connectivity index (χ4n) is 4.52. The molecular formula is C24H32N2. The molecule has 138 valence electrons. The van der Waals surface area contributed by atoms with Crippen molar-refractivity contribution >= 4 is 10.8 Å². The number of unbranched alkanes of at least 4 members (excludes halogenated alkanes) is 1. The van der Waals surface area contributed by atoms with Crippen molar-refractivity contribution in [2.24, 2.45) is 5.92 Å². The highest BCUT2D eigenvalue weighted by atomic mass is 15.1. The van der Waals surface area contributed by atoms with Gasteiger partial charge in [-0.15, -0.1) is 0 Å². The number of nitriles is 1. The van der Waals surface area contributed by atoms with Gasteiger partial charge in [0, 0.05) is 0 Å². The predicted octanol–water partition coefficient (Wildman–Crippen LogP) is 5.91. The summed E-state index contributed by atoms with van der Waals surface area (Å²) in [4.78, 5) is 2.60. The molecule has 1 unspecified atom stereocenters. The minimum atomic E-state index is -0.400. The number of benzene rings is 2. The van der Waals surface area contributed by atoms with Crippen molar-refractivity contribution in [1.82, 2.24) is 4.90 Å². The lowest BCUT2D eigenvalue weighted by atomic mass is 9.68. The smallest absolute Gasteiger partial charge is 0.0851 e. The summed E-state index contributed by atoms with van der Waals surface area (Å²) in [5.41, 5.74) is 0.814. The molecule has 0 amide bonds. The van der Waals surface area contributed by atoms with Gasteiger partial charge < -0.3 is 4.90 Å². The average Bonchev–Trinajstić information content (AvgIpc) is 2.69. The molecule has 0 saturated carbocycles. The highest BCUT2D eigenvalue weighted by Crippen LogP contribution is 2.40. The van der Waals surface area contributed by atoms with Gasteiger partial charge in [0.15, 0.2) is 0 Å². The standard InChI is InChI=1S/C24H32N2/c1-20(2)24(19-25,15-6-9-18-26-16-7-3-8-17-26)23-14-10-12-21-11-4-5-13-22(21)23/h4-5,10-14,20H,3,6-9,15-18H2,1-2H3. The third kappa shape index (κ3) is 3.94. The molecule has 2 nitrogen and oxygen atoms in total. The molecule has 26 heavy (non-hydrogen) atoms. The lowest BCUT2D eigenvalue weighted by molar-refractivity contribution is 0.220. The van der Waals surface area contributed by atoms with Crippen molar-refractivity contribution in [2.75, 3.05) is 19.6 Å². The molecule has 1 aliphatic heterocycles. The fraction of sp³-hybridized carbons (Fsp3) is 0.542. The topological polar surface area (TPSA) is 27.0 Å². The lowest BCUT2D eigenvalue weighted by Crippen LogP contribution is -2.33. The van der Waals surface area contributed by atoms with Crippen LogP contribution < -0.4 is 0 Å². The van der Waals surface area contributed by atoms with Crippen LogP contribution in [0.25, 0.3) is 10.8 Å². The van der Waals surface area contributed by atoms with Crippen LogP contribution in [0.5, 0.6) is 0 Å². The molecule has 1 saturated heterocycles. The Morgan fingerprint density at radius 1 is 1.00 bits per heavy atom. The first-order valence-electron chi connectivity index (χ1n) is 10.3. The van der Waals surface area contributed by atoms with Gasteiger partial charge in [-0.25, -0.2) is 0 Å². The van der Waals surface area contributed by atoms with E-state index in [1.165, 1.54) is 61.7 Å². The first-order chi connectivity index (χ1) is 12.7. The van der Waals surface area contributed by atoms with Gasteiger partial charge in [0.05, 0.1) is 11.5 Å². The Balaban J connectivity index is 1.77. The van der Waals surface area contributed by atoms with Gasteiger partial charge in [-0.1, -0.05) is 69.2 Å². The summed E-state index contributed by atoms with van der Waals surface area (Å²) < 4.78 is 0. The number of hydrogen-bond donors (Lipinski definition) is 0. The molecule has 0 radical (unpaired) electrons. The van der Waals surface area contributed by atoms with Crippen LogP contribution in [-0.4, -0.2) is 24.5 Å². The largest absolute Gasteiger partial charge is 0.303 e. The summed E-state index contributed by atoms with van der Waals surface area (Å²) in [6, 6.07) is 17.7. The van der Waals surface area contributed by atoms with Gasteiger partial charge in [-0.3, -0.25) is 0 Å². The summed E-state index contributed by atoms with van der Waals surface area (Å²) in [6.07, 6.45) is 7.35. The Labute approximate surface area is 158 Å². The van der Waals surface area contributed by atoms with Crippen LogP contribution in [0, 0.1) is 17.2 Å². The fourth-order valence-corrected chi connectivity index (χ4v) is 4.52. The van der Waals surface area contributed by atoms with E-state index in [-0.39, 0.29) is 0 Å². The number of likely N-dealkylation sites (tertiary alicyclic amines) is 1. The summed E-state index contributed by atoms with van der Waals surface area (Å²) in [5.74, 6) is 0.299. The minimum Gasteiger partial charge on any atom is -0.303 e. The molecule has 2 aromatic rings. The van der Waals surface area contributed by atoms with Crippen LogP contribution in [0.1, 0.15) is 57.9 Å². The van der Waals surface area contributed by atoms with Crippen molar-refractivity contribution in [3.05, 3.63) is 48.0 Å². The average molecular weight is 349 g/mol. The van der Waals surface area contributed by atoms with Crippen molar-refractivity contribution in [3.8, 4) is 6.07 Å². The van der Waals surface area contributed by atoms with Crippen molar-refractivity contribution in [3.63, 3.8) is 0 Å². The van der Waals surface area contributed by atoms with E-state index in [0.717, 1.165) is 12.8 Å². The molecule has 0 N–H and O–H groups in total. The number of hydrogen-bond acceptors (Lipinski definition) is 2. The van der Waals surface area contributed by atoms with Gasteiger partial charge in [0.2, 0.25) is 0 Å². The third-order valence-corrected chi connectivity index (χ3v) is 6.20. The molecule has 1 fully saturated rings. The van der Waals surface area contributed by atoms with E-state index < -0.39 is 5.41 Å². The lowest BCUT2D eigenvalue weighted by Gasteiger charge is -2.33. The second-order valence-corrected chi connectivity index (χ2v) is 8.12. The van der Waals surface area contributed by atoms with E-state index in [9.17, 15) is 5.26 Å². The minimum absolute atomic E-state index is 0.299. The molecule has 0 aromatic heterocycles. The number of rotatable bonds is 7. The van der Waals surface area contributed by atoms with Crippen LogP contribution in [0.2, 0.25) is 0 Å². The van der Waals surface area contributed by atoms with Gasteiger partial charge in [0.1, 0.15) is 0 Å². The van der Waals surface area contributed by atoms with Crippen molar-refractivity contribution < 1.29 is 0 Å². The van der Waals surface area contributed by atoms with E-state index in [4.69, 9.17) is 0 Å². The highest BCUT2D eigenvalue weighted by Gasteiger charge is 2.36. The highest BCUT2D eigenvalue weighted by molar-refractivity contribution is 5.87. The zero-order valence-corrected chi connectivity index (χ0v) is 16.4. The van der Waals surface area contributed by atoms with E-state index in [2.05, 4.69) is 67.3 Å². The second kappa shape index (κ2) is 8.69. The Hall–Kier alpha value is -1.85. The predicted molar refractivity (Wildman–Crippen MR) is 110 cm³/mol. The Morgan fingerprint density at radius 2 is 1.73 bits per heavy atom. The van der Waals surface area contributed by atoms with Crippen LogP contribution in [0.15, 0.2) is 42.5 Å². The van der Waals surface area contributed by atoms with Gasteiger partial charge in [0.25, 0.3) is 0 Å². The first-order valence-corrected chi connectivity index (χ1v) is 10.3. The first kappa shape index (κ1) is 18.9. The Bertz CT molecular complexity index is 747. The zero-order valence-electron chi connectivity index (χ0n) is 16.4. The van der Waals surface area contributed by atoms with Crippen molar-refractivity contribution in [2.45, 2.75) is 57.8 Å². The molecule has 1 aliphatic rings. The normalized spacial score (nSPS) is 17.9. The summed E-state index contributed by atoms with van der Waals surface area (Å²) in [7, 11) is 0. The van der Waals surface area contributed by atoms with Crippen LogP contribution in [0.3, 0.4) is 0 Å². The SMILES string of the molecule is CC(C)C(C#N)(CCCCN1CCCCC1)c1cccc2ccccc12. The molecule has 2 heteroatoms. The monoisotopic (exact) mass is 348 g/mol. The summed E-state index contributed by atoms with van der Waals surface area (Å²) in [6.45, 7) is 8.12. The molecule has 0 aliphatic carbocycles. The third-order valence-electron chi connectivity index (χ3n) is 6.20. The van der Waals surface area contributed by atoms with Crippen LogP contribution in [-0.2, 0) is 5.41 Å². The maximum atomic E-state index is 10.2. The number of nitrogens with zero attached hydrogens (tertiary/aromatic N) is 2. The van der Waals surface area contributed by atoms with Gasteiger partial charge in [-0.05, 0) is 67.6 Å². The van der Waals surface area contributed by atoms with Crippen LogP contribution >= 0.6 is 0 Å². The molecule has 2 aromatic carbocycles. The molecule has 1 heterocycles. The Morgan fingerprint density at radius 3 is 2.46 bits per heavy atom. The van der Waals surface area contributed by atoms with Crippen LogP contribution in [0.4, 0.5) is 0 Å². The zero-order chi connectivity index (χ0) is 18.4. The summed E-state index contributed by atoms with van der Waals surface area (Å²) >= 11 is 0. The number of fused-ring (bicyclic) bond motifs is 1. The van der Waals surface area contributed by atoms with Gasteiger partial charge >= 0.3 is 0 Å². The van der Waals surface area contributed by atoms with E-state index in [1.54, 1.807) is 0 Å². The number of piperidine rings is 1. The molecule has 1 atom stereocenters. The van der Waals surface area contributed by atoms with E-state index in [1.807, 2.05) is 0 Å². The van der Waals surface area contributed by atoms with E-state index in [0.29, 0.717) is 5.92 Å². The Kier molecular flexibility index (Phi) is 6.33. The van der Waals surface area contributed by atoms with Gasteiger partial charge in [-0.2, -0.15) is 5.26 Å². The maximum absolute atomic E-state index is 10.2. The van der Waals surface area contributed by atoms with E-state index >= 15 is 0 Å². The maximum Gasteiger partial charge on any atom is 0.0851 e. The molecule has 0 bridgehead atoms. The molecule has 3 rings (SSSR count). The second-order valence-electron chi connectivity index (χ2n) is 8.12. The molecular weight excluding hydrogens is 316 g/mol.